The number of nitrogens with one attached hydrogen (secondary N) is 1. The maximum Gasteiger partial charge on any atom is 0.264 e. The third-order valence-electron chi connectivity index (χ3n) is 7.10. The molecule has 0 aliphatic carbocycles. The van der Waals surface area contributed by atoms with E-state index in [0.717, 1.165) is 9.87 Å². The van der Waals surface area contributed by atoms with E-state index in [1.54, 1.807) is 24.3 Å². The lowest BCUT2D eigenvalue weighted by Crippen LogP contribution is -2.53. The van der Waals surface area contributed by atoms with Gasteiger partial charge in [0.1, 0.15) is 12.6 Å². The number of sulfonamides is 1. The number of anilines is 1. The highest BCUT2D eigenvalue weighted by Crippen LogP contribution is 2.33. The molecule has 45 heavy (non-hydrogen) atoms. The van der Waals surface area contributed by atoms with Crippen molar-refractivity contribution in [3.05, 3.63) is 118 Å². The fourth-order valence-electron chi connectivity index (χ4n) is 4.79. The second-order valence-electron chi connectivity index (χ2n) is 9.98. The molecule has 2 amide bonds. The van der Waals surface area contributed by atoms with Gasteiger partial charge in [0.2, 0.25) is 11.8 Å². The van der Waals surface area contributed by atoms with E-state index in [1.165, 1.54) is 68.6 Å². The van der Waals surface area contributed by atoms with Gasteiger partial charge < -0.3 is 19.7 Å². The highest BCUT2D eigenvalue weighted by atomic mass is 35.5. The molecule has 12 heteroatoms. The maximum atomic E-state index is 14.4. The lowest BCUT2D eigenvalue weighted by Gasteiger charge is -2.33. The summed E-state index contributed by atoms with van der Waals surface area (Å²) in [6.07, 6.45) is 0.191. The first-order chi connectivity index (χ1) is 21.6. The molecule has 1 atom stereocenters. The topological polar surface area (TPSA) is 105 Å². The summed E-state index contributed by atoms with van der Waals surface area (Å²) in [6.45, 7) is -0.629. The van der Waals surface area contributed by atoms with Crippen molar-refractivity contribution in [2.45, 2.75) is 23.9 Å². The number of hydrogen-bond acceptors (Lipinski definition) is 6. The van der Waals surface area contributed by atoms with Gasteiger partial charge >= 0.3 is 0 Å². The number of rotatable bonds is 13. The largest absolute Gasteiger partial charge is 0.493 e. The third-order valence-corrected chi connectivity index (χ3v) is 9.35. The van der Waals surface area contributed by atoms with Gasteiger partial charge in [-0.05, 0) is 59.7 Å². The van der Waals surface area contributed by atoms with Crippen molar-refractivity contribution in [1.82, 2.24) is 10.2 Å². The van der Waals surface area contributed by atoms with Gasteiger partial charge in [-0.3, -0.25) is 13.9 Å². The van der Waals surface area contributed by atoms with E-state index in [0.29, 0.717) is 21.4 Å². The van der Waals surface area contributed by atoms with Crippen LogP contribution in [-0.4, -0.2) is 59.0 Å². The fraction of sp³-hybridized carbons (Fsp3) is 0.212. The summed E-state index contributed by atoms with van der Waals surface area (Å²) in [5, 5.41) is 3.50. The van der Waals surface area contributed by atoms with Crippen molar-refractivity contribution >= 4 is 50.7 Å². The number of ether oxygens (including phenoxy) is 2. The normalized spacial score (nSPS) is 11.8. The molecule has 9 nitrogen and oxygen atoms in total. The Hall–Kier alpha value is -4.25. The molecule has 4 rings (SSSR count). The van der Waals surface area contributed by atoms with Gasteiger partial charge in [0.15, 0.2) is 11.5 Å². The summed E-state index contributed by atoms with van der Waals surface area (Å²) in [4.78, 5) is 29.0. The molecule has 4 aromatic carbocycles. The van der Waals surface area contributed by atoms with Crippen LogP contribution in [-0.2, 0) is 32.6 Å². The number of nitrogens with zero attached hydrogens (tertiary/aromatic N) is 2. The van der Waals surface area contributed by atoms with Gasteiger partial charge in [-0.25, -0.2) is 8.42 Å². The second-order valence-corrected chi connectivity index (χ2v) is 12.7. The molecule has 0 spiro atoms. The number of methoxy groups -OCH3 is 2. The predicted octanol–water partition coefficient (Wildman–Crippen LogP) is 5.59. The number of amides is 2. The Kier molecular flexibility index (Phi) is 11.3. The van der Waals surface area contributed by atoms with Crippen LogP contribution in [0.15, 0.2) is 102 Å². The molecule has 0 aliphatic heterocycles. The highest BCUT2D eigenvalue weighted by Gasteiger charge is 2.34. The van der Waals surface area contributed by atoms with Gasteiger partial charge in [-0.1, -0.05) is 65.7 Å². The fourth-order valence-corrected chi connectivity index (χ4v) is 6.56. The molecular weight excluding hydrogens is 637 g/mol. The lowest BCUT2D eigenvalue weighted by molar-refractivity contribution is -0.139. The number of halogens is 2. The van der Waals surface area contributed by atoms with E-state index < -0.39 is 34.4 Å². The van der Waals surface area contributed by atoms with Crippen molar-refractivity contribution < 1.29 is 27.5 Å². The van der Waals surface area contributed by atoms with Crippen molar-refractivity contribution in [2.75, 3.05) is 32.1 Å². The lowest BCUT2D eigenvalue weighted by atomic mass is 10.0. The Morgan fingerprint density at radius 2 is 1.47 bits per heavy atom. The first-order valence-electron chi connectivity index (χ1n) is 13.9. The summed E-state index contributed by atoms with van der Waals surface area (Å²) in [5.41, 5.74) is 1.69. The van der Waals surface area contributed by atoms with Gasteiger partial charge in [-0.15, -0.1) is 0 Å². The number of carbonyl (C=O) groups is 2. The van der Waals surface area contributed by atoms with Crippen LogP contribution in [0.4, 0.5) is 5.69 Å². The SMILES string of the molecule is CNC(=O)C(Cc1ccccc1)N(Cc1cccc(Cl)c1)C(=O)CN(c1ccc(Cl)cc1)S(=O)(=O)c1ccc(OC)c(OC)c1. The molecule has 0 aromatic heterocycles. The number of hydrogen-bond donors (Lipinski definition) is 1. The Balaban J connectivity index is 1.81. The number of benzene rings is 4. The summed E-state index contributed by atoms with van der Waals surface area (Å²) >= 11 is 12.4. The van der Waals surface area contributed by atoms with Crippen molar-refractivity contribution in [3.63, 3.8) is 0 Å². The average molecular weight is 671 g/mol. The summed E-state index contributed by atoms with van der Waals surface area (Å²) < 4.78 is 40.1. The minimum Gasteiger partial charge on any atom is -0.493 e. The molecule has 236 valence electrons. The zero-order valence-electron chi connectivity index (χ0n) is 24.9. The molecule has 0 fully saturated rings. The van der Waals surface area contributed by atoms with E-state index in [1.807, 2.05) is 30.3 Å². The Labute approximate surface area is 273 Å². The maximum absolute atomic E-state index is 14.4. The van der Waals surface area contributed by atoms with Crippen LogP contribution in [0.25, 0.3) is 0 Å². The molecule has 0 radical (unpaired) electrons. The van der Waals surface area contributed by atoms with E-state index >= 15 is 0 Å². The zero-order chi connectivity index (χ0) is 32.6. The first kappa shape index (κ1) is 33.6. The van der Waals surface area contributed by atoms with Crippen LogP contribution in [0.5, 0.6) is 11.5 Å². The number of carbonyl (C=O) groups excluding carboxylic acids is 2. The molecule has 1 N–H and O–H groups in total. The molecular formula is C33H33Cl2N3O6S. The van der Waals surface area contributed by atoms with E-state index in [4.69, 9.17) is 32.7 Å². The van der Waals surface area contributed by atoms with Gasteiger partial charge in [-0.2, -0.15) is 0 Å². The van der Waals surface area contributed by atoms with Crippen molar-refractivity contribution in [1.29, 1.82) is 0 Å². The average Bonchev–Trinajstić information content (AvgIpc) is 3.05. The molecule has 0 saturated heterocycles. The molecule has 0 aliphatic rings. The molecule has 1 unspecified atom stereocenters. The molecule has 4 aromatic rings. The Bertz CT molecular complexity index is 1740. The van der Waals surface area contributed by atoms with Crippen molar-refractivity contribution in [3.8, 4) is 11.5 Å². The smallest absolute Gasteiger partial charge is 0.264 e. The molecule has 0 bridgehead atoms. The summed E-state index contributed by atoms with van der Waals surface area (Å²) in [7, 11) is -0.0287. The van der Waals surface area contributed by atoms with Gasteiger partial charge in [0.05, 0.1) is 24.8 Å². The zero-order valence-corrected chi connectivity index (χ0v) is 27.3. The first-order valence-corrected chi connectivity index (χ1v) is 16.1. The quantitative estimate of drug-likeness (QED) is 0.199. The predicted molar refractivity (Wildman–Crippen MR) is 176 cm³/mol. The van der Waals surface area contributed by atoms with Crippen LogP contribution >= 0.6 is 23.2 Å². The minimum atomic E-state index is -4.36. The van der Waals surface area contributed by atoms with Gasteiger partial charge in [0, 0.05) is 36.1 Å². The van der Waals surface area contributed by atoms with E-state index in [-0.39, 0.29) is 29.3 Å². The Morgan fingerprint density at radius 3 is 2.09 bits per heavy atom. The van der Waals surface area contributed by atoms with Crippen LogP contribution < -0.4 is 19.1 Å². The van der Waals surface area contributed by atoms with Crippen LogP contribution in [0.2, 0.25) is 10.0 Å². The van der Waals surface area contributed by atoms with Crippen LogP contribution in [0.3, 0.4) is 0 Å². The van der Waals surface area contributed by atoms with E-state index in [9.17, 15) is 18.0 Å². The summed E-state index contributed by atoms with van der Waals surface area (Å²) in [5.74, 6) is -0.479. The minimum absolute atomic E-state index is 0.00478. The second kappa shape index (κ2) is 15.2. The Morgan fingerprint density at radius 1 is 0.800 bits per heavy atom. The summed E-state index contributed by atoms with van der Waals surface area (Å²) in [6, 6.07) is 25.5. The number of likely N-dealkylation sites (N-methyl/N-ethyl adjacent to an activating group) is 1. The van der Waals surface area contributed by atoms with E-state index in [2.05, 4.69) is 5.32 Å². The third kappa shape index (κ3) is 8.27. The molecule has 0 saturated carbocycles. The monoisotopic (exact) mass is 669 g/mol. The highest BCUT2D eigenvalue weighted by molar-refractivity contribution is 7.92. The molecule has 0 heterocycles. The standard InChI is InChI=1S/C33H33Cl2N3O6S/c1-36-33(40)29(19-23-8-5-4-6-9-23)37(21-24-10-7-11-26(35)18-24)32(39)22-38(27-14-12-25(34)13-15-27)45(41,42)28-16-17-30(43-2)31(20-28)44-3/h4-18,20,29H,19,21-22H2,1-3H3,(H,36,40). The van der Waals surface area contributed by atoms with Gasteiger partial charge in [0.25, 0.3) is 10.0 Å². The van der Waals surface area contributed by atoms with Crippen LogP contribution in [0, 0.1) is 0 Å². The van der Waals surface area contributed by atoms with Crippen LogP contribution in [0.1, 0.15) is 11.1 Å². The van der Waals surface area contributed by atoms with Crippen molar-refractivity contribution in [2.24, 2.45) is 0 Å².